The minimum absolute atomic E-state index is 0.178. The van der Waals surface area contributed by atoms with E-state index in [1.807, 2.05) is 0 Å². The lowest BCUT2D eigenvalue weighted by molar-refractivity contribution is 0.155. The number of hydrogen-bond donors (Lipinski definition) is 2. The Morgan fingerprint density at radius 2 is 1.70 bits per heavy atom. The van der Waals surface area contributed by atoms with Gasteiger partial charge in [-0.05, 0) is 30.0 Å². The molecular weight excluding hydrogens is 260 g/mol. The summed E-state index contributed by atoms with van der Waals surface area (Å²) in [5.74, 6) is -0.754. The number of rotatable bonds is 5. The van der Waals surface area contributed by atoms with Crippen LogP contribution in [-0.4, -0.2) is 18.3 Å². The number of aliphatic hydroxyl groups is 1. The van der Waals surface area contributed by atoms with Crippen LogP contribution in [0.4, 0.5) is 8.78 Å². The van der Waals surface area contributed by atoms with Crippen molar-refractivity contribution in [3.8, 4) is 0 Å². The zero-order valence-electron chi connectivity index (χ0n) is 11.7. The van der Waals surface area contributed by atoms with Gasteiger partial charge in [0.25, 0.3) is 0 Å². The van der Waals surface area contributed by atoms with Crippen LogP contribution in [0.15, 0.2) is 18.2 Å². The van der Waals surface area contributed by atoms with Gasteiger partial charge in [-0.3, -0.25) is 0 Å². The van der Waals surface area contributed by atoms with Crippen LogP contribution >= 0.6 is 0 Å². The highest BCUT2D eigenvalue weighted by Gasteiger charge is 2.34. The number of nitrogens with two attached hydrogens (primary N) is 1. The summed E-state index contributed by atoms with van der Waals surface area (Å²) in [6.45, 7) is 0.0196. The van der Waals surface area contributed by atoms with Crippen LogP contribution in [0.5, 0.6) is 0 Å². The van der Waals surface area contributed by atoms with E-state index in [2.05, 4.69) is 0 Å². The van der Waals surface area contributed by atoms with Crippen LogP contribution in [0.1, 0.15) is 44.1 Å². The summed E-state index contributed by atoms with van der Waals surface area (Å²) >= 11 is 0. The van der Waals surface area contributed by atoms with Gasteiger partial charge in [-0.15, -0.1) is 0 Å². The maximum Gasteiger partial charge on any atom is 0.126 e. The largest absolute Gasteiger partial charge is 0.395 e. The van der Waals surface area contributed by atoms with Crippen molar-refractivity contribution in [2.24, 2.45) is 11.7 Å². The molecule has 20 heavy (non-hydrogen) atoms. The van der Waals surface area contributed by atoms with Gasteiger partial charge < -0.3 is 10.8 Å². The summed E-state index contributed by atoms with van der Waals surface area (Å²) in [6.07, 6.45) is 6.55. The van der Waals surface area contributed by atoms with Gasteiger partial charge in [0.1, 0.15) is 11.6 Å². The predicted molar refractivity (Wildman–Crippen MR) is 75.4 cm³/mol. The molecule has 1 aliphatic carbocycles. The first-order valence-corrected chi connectivity index (χ1v) is 7.37. The molecule has 112 valence electrons. The standard InChI is InChI=1S/C16H23F2NO/c17-14-6-13(7-15(18)8-14)16(10-19,11-20)9-12-4-2-1-3-5-12/h6-8,12,20H,1-5,9-11,19H2. The minimum Gasteiger partial charge on any atom is -0.395 e. The van der Waals surface area contributed by atoms with Crippen LogP contribution in [-0.2, 0) is 5.41 Å². The van der Waals surface area contributed by atoms with Crippen LogP contribution in [0.3, 0.4) is 0 Å². The van der Waals surface area contributed by atoms with E-state index in [9.17, 15) is 13.9 Å². The van der Waals surface area contributed by atoms with Crippen molar-refractivity contribution in [2.45, 2.75) is 43.9 Å². The molecule has 0 bridgehead atoms. The van der Waals surface area contributed by atoms with Gasteiger partial charge >= 0.3 is 0 Å². The van der Waals surface area contributed by atoms with Crippen molar-refractivity contribution >= 4 is 0 Å². The third kappa shape index (κ3) is 3.36. The smallest absolute Gasteiger partial charge is 0.126 e. The normalized spacial score (nSPS) is 19.8. The van der Waals surface area contributed by atoms with E-state index < -0.39 is 17.0 Å². The van der Waals surface area contributed by atoms with Crippen molar-refractivity contribution < 1.29 is 13.9 Å². The van der Waals surface area contributed by atoms with Gasteiger partial charge in [0, 0.05) is 18.0 Å². The number of benzene rings is 1. The molecule has 1 atom stereocenters. The van der Waals surface area contributed by atoms with Gasteiger partial charge in [0.2, 0.25) is 0 Å². The molecule has 0 spiro atoms. The van der Waals surface area contributed by atoms with E-state index in [4.69, 9.17) is 5.73 Å². The Bertz CT molecular complexity index is 420. The number of hydrogen-bond acceptors (Lipinski definition) is 2. The molecule has 0 radical (unpaired) electrons. The van der Waals surface area contributed by atoms with Crippen molar-refractivity contribution in [1.29, 1.82) is 0 Å². The molecular formula is C16H23F2NO. The van der Waals surface area contributed by atoms with Gasteiger partial charge in [-0.2, -0.15) is 0 Å². The van der Waals surface area contributed by atoms with Gasteiger partial charge in [0.05, 0.1) is 6.61 Å². The highest BCUT2D eigenvalue weighted by molar-refractivity contribution is 5.28. The topological polar surface area (TPSA) is 46.2 Å². The minimum atomic E-state index is -0.731. The third-order valence-corrected chi connectivity index (χ3v) is 4.57. The van der Waals surface area contributed by atoms with Gasteiger partial charge in [0.15, 0.2) is 0 Å². The van der Waals surface area contributed by atoms with Crippen molar-refractivity contribution in [2.75, 3.05) is 13.2 Å². The summed E-state index contributed by atoms with van der Waals surface area (Å²) in [4.78, 5) is 0. The Morgan fingerprint density at radius 1 is 1.10 bits per heavy atom. The molecule has 2 rings (SSSR count). The van der Waals surface area contributed by atoms with Crippen molar-refractivity contribution in [3.63, 3.8) is 0 Å². The van der Waals surface area contributed by atoms with Crippen molar-refractivity contribution in [1.82, 2.24) is 0 Å². The molecule has 1 aromatic rings. The molecule has 4 heteroatoms. The first kappa shape index (κ1) is 15.4. The van der Waals surface area contributed by atoms with E-state index in [1.54, 1.807) is 0 Å². The van der Waals surface area contributed by atoms with Gasteiger partial charge in [-0.1, -0.05) is 32.1 Å². The molecule has 3 N–H and O–H groups in total. The average Bonchev–Trinajstić information content (AvgIpc) is 2.45. The zero-order chi connectivity index (χ0) is 14.6. The highest BCUT2D eigenvalue weighted by atomic mass is 19.1. The second-order valence-electron chi connectivity index (χ2n) is 6.01. The molecule has 1 unspecified atom stereocenters. The number of aliphatic hydroxyl groups excluding tert-OH is 1. The fourth-order valence-electron chi connectivity index (χ4n) is 3.34. The Morgan fingerprint density at radius 3 is 2.20 bits per heavy atom. The molecule has 0 aliphatic heterocycles. The molecule has 0 saturated heterocycles. The lowest BCUT2D eigenvalue weighted by atomic mass is 9.71. The summed E-state index contributed by atoms with van der Waals surface area (Å²) in [7, 11) is 0. The maximum absolute atomic E-state index is 13.4. The fourth-order valence-corrected chi connectivity index (χ4v) is 3.34. The molecule has 1 saturated carbocycles. The Balaban J connectivity index is 2.27. The molecule has 0 heterocycles. The predicted octanol–water partition coefficient (Wildman–Crippen LogP) is 3.12. The first-order valence-electron chi connectivity index (χ1n) is 7.37. The lowest BCUT2D eigenvalue weighted by Gasteiger charge is -2.36. The molecule has 0 aromatic heterocycles. The summed E-state index contributed by atoms with van der Waals surface area (Å²) in [6, 6.07) is 3.45. The number of halogens is 2. The van der Waals surface area contributed by atoms with E-state index in [0.717, 1.165) is 18.9 Å². The molecule has 1 aromatic carbocycles. The second kappa shape index (κ2) is 6.64. The SMILES string of the molecule is NCC(CO)(CC1CCCCC1)c1cc(F)cc(F)c1. The Kier molecular flexibility index (Phi) is 5.11. The van der Waals surface area contributed by atoms with Crippen LogP contribution < -0.4 is 5.73 Å². The highest BCUT2D eigenvalue weighted by Crippen LogP contribution is 2.37. The third-order valence-electron chi connectivity index (χ3n) is 4.57. The molecule has 1 fully saturated rings. The maximum atomic E-state index is 13.4. The first-order chi connectivity index (χ1) is 9.59. The van der Waals surface area contributed by atoms with E-state index in [1.165, 1.54) is 31.4 Å². The second-order valence-corrected chi connectivity index (χ2v) is 6.01. The summed E-state index contributed by atoms with van der Waals surface area (Å²) < 4.78 is 26.9. The van der Waals surface area contributed by atoms with Gasteiger partial charge in [-0.25, -0.2) is 8.78 Å². The Labute approximate surface area is 119 Å². The average molecular weight is 283 g/mol. The summed E-state index contributed by atoms with van der Waals surface area (Å²) in [5.41, 5.74) is 5.61. The van der Waals surface area contributed by atoms with Crippen LogP contribution in [0.2, 0.25) is 0 Å². The fraction of sp³-hybridized carbons (Fsp3) is 0.625. The summed E-state index contributed by atoms with van der Waals surface area (Å²) in [5, 5.41) is 9.82. The van der Waals surface area contributed by atoms with E-state index in [0.29, 0.717) is 17.9 Å². The molecule has 0 amide bonds. The Hall–Kier alpha value is -1.00. The van der Waals surface area contributed by atoms with E-state index in [-0.39, 0.29) is 13.2 Å². The zero-order valence-corrected chi connectivity index (χ0v) is 11.7. The monoisotopic (exact) mass is 283 g/mol. The molecule has 2 nitrogen and oxygen atoms in total. The molecule has 1 aliphatic rings. The van der Waals surface area contributed by atoms with E-state index >= 15 is 0 Å². The van der Waals surface area contributed by atoms with Crippen LogP contribution in [0, 0.1) is 17.6 Å². The quantitative estimate of drug-likeness (QED) is 0.872. The van der Waals surface area contributed by atoms with Crippen LogP contribution in [0.25, 0.3) is 0 Å². The lowest BCUT2D eigenvalue weighted by Crippen LogP contribution is -2.41. The van der Waals surface area contributed by atoms with Crippen molar-refractivity contribution in [3.05, 3.63) is 35.4 Å².